The number of carbonyl (C=O) groups excluding carboxylic acids is 5. The van der Waals surface area contributed by atoms with E-state index in [9.17, 15) is 24.0 Å². The Hall–Kier alpha value is -4.25. The first-order valence-electron chi connectivity index (χ1n) is 11.3. The average Bonchev–Trinajstić information content (AvgIpc) is 2.88. The number of methoxy groups -OCH3 is 1. The molecule has 0 unspecified atom stereocenters. The van der Waals surface area contributed by atoms with E-state index in [2.05, 4.69) is 0 Å². The van der Waals surface area contributed by atoms with E-state index in [1.165, 1.54) is 18.2 Å². The Morgan fingerprint density at radius 2 is 1.70 bits per heavy atom. The largest absolute Gasteiger partial charge is 0.467 e. The van der Waals surface area contributed by atoms with Crippen LogP contribution in [0, 0.1) is 0 Å². The fraction of sp³-hybridized carbons (Fsp3) is 0.346. The van der Waals surface area contributed by atoms with Gasteiger partial charge in [-0.3, -0.25) is 14.4 Å². The van der Waals surface area contributed by atoms with Gasteiger partial charge in [0, 0.05) is 20.3 Å². The molecule has 0 aromatic heterocycles. The summed E-state index contributed by atoms with van der Waals surface area (Å²) >= 11 is 0. The Kier molecular flexibility index (Phi) is 9.33. The quantitative estimate of drug-likeness (QED) is 0.277. The van der Waals surface area contributed by atoms with Crippen molar-refractivity contribution in [2.24, 2.45) is 0 Å². The van der Waals surface area contributed by atoms with Crippen molar-refractivity contribution < 1.29 is 52.4 Å². The number of benzene rings is 2. The van der Waals surface area contributed by atoms with E-state index >= 15 is 0 Å². The second-order valence-corrected chi connectivity index (χ2v) is 8.02. The number of aldehydes is 1. The van der Waals surface area contributed by atoms with E-state index in [4.69, 9.17) is 28.4 Å². The summed E-state index contributed by atoms with van der Waals surface area (Å²) in [5.41, 5.74) is 0.847. The molecule has 0 amide bonds. The number of carbonyl (C=O) groups is 5. The van der Waals surface area contributed by atoms with Gasteiger partial charge in [0.25, 0.3) is 0 Å². The smallest absolute Gasteiger partial charge is 0.338 e. The summed E-state index contributed by atoms with van der Waals surface area (Å²) in [6, 6.07) is 13.0. The number of hydrogen-bond acceptors (Lipinski definition) is 11. The second-order valence-electron chi connectivity index (χ2n) is 8.02. The first kappa shape index (κ1) is 27.3. The maximum absolute atomic E-state index is 12.5. The average molecular weight is 514 g/mol. The molecule has 0 bridgehead atoms. The van der Waals surface area contributed by atoms with Crippen molar-refractivity contribution >= 4 is 30.2 Å². The SMILES string of the molecule is COC(=O)[C@@H]1C[C@H](OC(C)=O)[C@@H](OC(C)=O)[C@H](Oc2ccc(C(=O)OCc3ccccc3)cc2C=O)O1. The summed E-state index contributed by atoms with van der Waals surface area (Å²) in [7, 11) is 1.15. The normalized spacial score (nSPS) is 20.7. The fourth-order valence-electron chi connectivity index (χ4n) is 3.65. The summed E-state index contributed by atoms with van der Waals surface area (Å²) in [6.07, 6.45) is -4.74. The van der Waals surface area contributed by atoms with Gasteiger partial charge in [0.2, 0.25) is 12.4 Å². The third-order valence-electron chi connectivity index (χ3n) is 5.29. The number of hydrogen-bond donors (Lipinski definition) is 0. The Balaban J connectivity index is 1.83. The molecule has 4 atom stereocenters. The molecule has 2 aromatic rings. The molecule has 1 heterocycles. The van der Waals surface area contributed by atoms with Crippen LogP contribution in [0.15, 0.2) is 48.5 Å². The van der Waals surface area contributed by atoms with Gasteiger partial charge in [-0.1, -0.05) is 30.3 Å². The van der Waals surface area contributed by atoms with Gasteiger partial charge >= 0.3 is 23.9 Å². The zero-order valence-corrected chi connectivity index (χ0v) is 20.4. The van der Waals surface area contributed by atoms with Crippen molar-refractivity contribution in [3.05, 3.63) is 65.2 Å². The Labute approximate surface area is 212 Å². The lowest BCUT2D eigenvalue weighted by atomic mass is 10.0. The van der Waals surface area contributed by atoms with Crippen molar-refractivity contribution in [3.63, 3.8) is 0 Å². The third kappa shape index (κ3) is 7.37. The molecular formula is C26H26O11. The summed E-state index contributed by atoms with van der Waals surface area (Å²) in [6.45, 7) is 2.34. The van der Waals surface area contributed by atoms with Gasteiger partial charge in [-0.15, -0.1) is 0 Å². The molecule has 1 saturated heterocycles. The number of rotatable bonds is 9. The Morgan fingerprint density at radius 1 is 1.00 bits per heavy atom. The highest BCUT2D eigenvalue weighted by molar-refractivity contribution is 5.92. The van der Waals surface area contributed by atoms with Gasteiger partial charge in [0.05, 0.1) is 18.2 Å². The van der Waals surface area contributed by atoms with Crippen LogP contribution >= 0.6 is 0 Å². The van der Waals surface area contributed by atoms with Crippen LogP contribution in [0.5, 0.6) is 5.75 Å². The molecule has 1 aliphatic rings. The van der Waals surface area contributed by atoms with E-state index < -0.39 is 48.5 Å². The lowest BCUT2D eigenvalue weighted by molar-refractivity contribution is -0.251. The molecule has 37 heavy (non-hydrogen) atoms. The van der Waals surface area contributed by atoms with E-state index in [0.717, 1.165) is 26.5 Å². The lowest BCUT2D eigenvalue weighted by Gasteiger charge is -2.39. The van der Waals surface area contributed by atoms with Crippen molar-refractivity contribution in [1.29, 1.82) is 0 Å². The highest BCUT2D eigenvalue weighted by atomic mass is 16.7. The molecule has 196 valence electrons. The molecule has 0 spiro atoms. The van der Waals surface area contributed by atoms with Crippen LogP contribution in [0.2, 0.25) is 0 Å². The van der Waals surface area contributed by atoms with Crippen molar-refractivity contribution in [1.82, 2.24) is 0 Å². The van der Waals surface area contributed by atoms with Crippen LogP contribution in [0.25, 0.3) is 0 Å². The maximum Gasteiger partial charge on any atom is 0.338 e. The predicted octanol–water partition coefficient (Wildman–Crippen LogP) is 2.39. The van der Waals surface area contributed by atoms with Gasteiger partial charge in [0.1, 0.15) is 18.5 Å². The van der Waals surface area contributed by atoms with Crippen LogP contribution in [0.4, 0.5) is 0 Å². The molecule has 1 aliphatic heterocycles. The molecular weight excluding hydrogens is 488 g/mol. The van der Waals surface area contributed by atoms with Crippen LogP contribution in [-0.4, -0.2) is 61.9 Å². The van der Waals surface area contributed by atoms with E-state index in [0.29, 0.717) is 6.29 Å². The molecule has 0 aliphatic carbocycles. The molecule has 11 nitrogen and oxygen atoms in total. The van der Waals surface area contributed by atoms with Gasteiger partial charge in [-0.05, 0) is 23.8 Å². The van der Waals surface area contributed by atoms with Crippen molar-refractivity contribution in [2.45, 2.75) is 51.5 Å². The molecule has 1 fully saturated rings. The minimum Gasteiger partial charge on any atom is -0.467 e. The van der Waals surface area contributed by atoms with Crippen LogP contribution in [0.1, 0.15) is 46.5 Å². The minimum absolute atomic E-state index is 0.0381. The highest BCUT2D eigenvalue weighted by Crippen LogP contribution is 2.30. The first-order valence-corrected chi connectivity index (χ1v) is 11.3. The summed E-state index contributed by atoms with van der Waals surface area (Å²) in [4.78, 5) is 59.9. The van der Waals surface area contributed by atoms with Crippen LogP contribution in [-0.2, 0) is 44.7 Å². The topological polar surface area (TPSA) is 141 Å². The van der Waals surface area contributed by atoms with E-state index in [-0.39, 0.29) is 29.9 Å². The number of ether oxygens (including phenoxy) is 6. The third-order valence-corrected chi connectivity index (χ3v) is 5.29. The van der Waals surface area contributed by atoms with Gasteiger partial charge in [-0.2, -0.15) is 0 Å². The zero-order chi connectivity index (χ0) is 26.9. The van der Waals surface area contributed by atoms with Gasteiger partial charge in [0.15, 0.2) is 12.4 Å². The lowest BCUT2D eigenvalue weighted by Crippen LogP contribution is -2.55. The maximum atomic E-state index is 12.5. The van der Waals surface area contributed by atoms with Crippen LogP contribution < -0.4 is 4.74 Å². The van der Waals surface area contributed by atoms with Crippen molar-refractivity contribution in [3.8, 4) is 5.75 Å². The predicted molar refractivity (Wildman–Crippen MR) is 124 cm³/mol. The Morgan fingerprint density at radius 3 is 2.32 bits per heavy atom. The zero-order valence-electron chi connectivity index (χ0n) is 20.4. The highest BCUT2D eigenvalue weighted by Gasteiger charge is 2.47. The van der Waals surface area contributed by atoms with Crippen molar-refractivity contribution in [2.75, 3.05) is 7.11 Å². The molecule has 0 radical (unpaired) electrons. The summed E-state index contributed by atoms with van der Waals surface area (Å²) in [5.74, 6) is -2.87. The monoisotopic (exact) mass is 514 g/mol. The second kappa shape index (κ2) is 12.6. The molecule has 0 N–H and O–H groups in total. The molecule has 0 saturated carbocycles. The van der Waals surface area contributed by atoms with E-state index in [1.807, 2.05) is 18.2 Å². The fourth-order valence-corrected chi connectivity index (χ4v) is 3.65. The van der Waals surface area contributed by atoms with Gasteiger partial charge < -0.3 is 28.4 Å². The number of esters is 4. The summed E-state index contributed by atoms with van der Waals surface area (Å²) < 4.78 is 32.0. The van der Waals surface area contributed by atoms with E-state index in [1.54, 1.807) is 12.1 Å². The standard InChI is InChI=1S/C26H26O11/c1-15(28)34-21-12-22(25(31)32-3)37-26(23(21)35-16(2)29)36-20-10-9-18(11-19(20)13-27)24(30)33-14-17-7-5-4-6-8-17/h4-11,13,21-23,26H,12,14H2,1-3H3/t21-,22-,23+,26+/m0/s1. The first-order chi connectivity index (χ1) is 17.7. The molecule has 3 rings (SSSR count). The summed E-state index contributed by atoms with van der Waals surface area (Å²) in [5, 5.41) is 0. The van der Waals surface area contributed by atoms with Crippen LogP contribution in [0.3, 0.4) is 0 Å². The Bertz CT molecular complexity index is 1140. The minimum atomic E-state index is -1.46. The van der Waals surface area contributed by atoms with Gasteiger partial charge in [-0.25, -0.2) is 9.59 Å². The molecule has 2 aromatic carbocycles. The molecule has 11 heteroatoms.